The van der Waals surface area contributed by atoms with Gasteiger partial charge in [-0.3, -0.25) is 0 Å². The molecule has 0 aliphatic carbocycles. The van der Waals surface area contributed by atoms with Crippen LogP contribution in [0.3, 0.4) is 0 Å². The van der Waals surface area contributed by atoms with Gasteiger partial charge in [-0.05, 0) is 23.8 Å². The molecule has 0 aliphatic heterocycles. The van der Waals surface area contributed by atoms with Crippen LogP contribution < -0.4 is 10.1 Å². The van der Waals surface area contributed by atoms with E-state index < -0.39 is 0 Å². The van der Waals surface area contributed by atoms with E-state index in [2.05, 4.69) is 32.3 Å². The van der Waals surface area contributed by atoms with Gasteiger partial charge in [-0.2, -0.15) is 0 Å². The molecular formula is C17H15BrN2O. The van der Waals surface area contributed by atoms with E-state index in [0.717, 1.165) is 26.8 Å². The number of rotatable bonds is 4. The van der Waals surface area contributed by atoms with Crippen molar-refractivity contribution in [3.63, 3.8) is 0 Å². The van der Waals surface area contributed by atoms with Crippen molar-refractivity contribution in [3.05, 3.63) is 64.8 Å². The van der Waals surface area contributed by atoms with Crippen LogP contribution in [-0.4, -0.2) is 12.1 Å². The molecule has 3 aromatic rings. The van der Waals surface area contributed by atoms with Crippen molar-refractivity contribution >= 4 is 32.5 Å². The van der Waals surface area contributed by atoms with Gasteiger partial charge in [0.1, 0.15) is 11.6 Å². The highest BCUT2D eigenvalue weighted by atomic mass is 79.9. The Bertz CT molecular complexity index is 774. The van der Waals surface area contributed by atoms with Gasteiger partial charge < -0.3 is 10.1 Å². The molecule has 106 valence electrons. The molecule has 1 aromatic heterocycles. The third-order valence-electron chi connectivity index (χ3n) is 3.39. The fourth-order valence-electron chi connectivity index (χ4n) is 2.32. The Balaban J connectivity index is 1.93. The molecule has 0 unspecified atom stereocenters. The fraction of sp³-hybridized carbons (Fsp3) is 0.118. The molecule has 0 radical (unpaired) electrons. The van der Waals surface area contributed by atoms with Gasteiger partial charge in [0, 0.05) is 28.0 Å². The molecule has 21 heavy (non-hydrogen) atoms. The number of nitrogens with zero attached hydrogens (tertiary/aromatic N) is 1. The monoisotopic (exact) mass is 342 g/mol. The molecule has 0 atom stereocenters. The van der Waals surface area contributed by atoms with E-state index in [-0.39, 0.29) is 0 Å². The zero-order valence-electron chi connectivity index (χ0n) is 11.6. The second-order valence-electron chi connectivity index (χ2n) is 4.66. The number of methoxy groups -OCH3 is 1. The molecule has 0 bridgehead atoms. The summed E-state index contributed by atoms with van der Waals surface area (Å²) in [5.41, 5.74) is 1.19. The Labute approximate surface area is 132 Å². The van der Waals surface area contributed by atoms with Crippen molar-refractivity contribution in [2.24, 2.45) is 0 Å². The Morgan fingerprint density at radius 1 is 1.05 bits per heavy atom. The van der Waals surface area contributed by atoms with E-state index in [4.69, 9.17) is 4.74 Å². The van der Waals surface area contributed by atoms with E-state index in [1.807, 2.05) is 42.5 Å². The third kappa shape index (κ3) is 2.85. The summed E-state index contributed by atoms with van der Waals surface area (Å²) >= 11 is 3.56. The minimum Gasteiger partial charge on any atom is -0.496 e. The Morgan fingerprint density at radius 3 is 2.71 bits per heavy atom. The van der Waals surface area contributed by atoms with Crippen molar-refractivity contribution in [2.75, 3.05) is 12.4 Å². The zero-order chi connectivity index (χ0) is 14.7. The smallest absolute Gasteiger partial charge is 0.134 e. The SMILES string of the molecule is COc1cccc2c(NCc3ccccc3Br)nccc12. The topological polar surface area (TPSA) is 34.1 Å². The predicted octanol–water partition coefficient (Wildman–Crippen LogP) is 4.62. The summed E-state index contributed by atoms with van der Waals surface area (Å²) in [4.78, 5) is 4.45. The first kappa shape index (κ1) is 13.9. The lowest BCUT2D eigenvalue weighted by atomic mass is 10.1. The van der Waals surface area contributed by atoms with Crippen LogP contribution in [0, 0.1) is 0 Å². The van der Waals surface area contributed by atoms with Gasteiger partial charge in [0.15, 0.2) is 0 Å². The molecule has 0 saturated carbocycles. The molecular weight excluding hydrogens is 328 g/mol. The minimum absolute atomic E-state index is 0.713. The van der Waals surface area contributed by atoms with Crippen molar-refractivity contribution in [1.82, 2.24) is 4.98 Å². The first-order valence-electron chi connectivity index (χ1n) is 6.68. The molecule has 2 aromatic carbocycles. The lowest BCUT2D eigenvalue weighted by molar-refractivity contribution is 0.420. The van der Waals surface area contributed by atoms with Gasteiger partial charge in [0.25, 0.3) is 0 Å². The average Bonchev–Trinajstić information content (AvgIpc) is 2.53. The maximum absolute atomic E-state index is 5.40. The first-order valence-corrected chi connectivity index (χ1v) is 7.48. The van der Waals surface area contributed by atoms with Crippen LogP contribution in [0.1, 0.15) is 5.56 Å². The summed E-state index contributed by atoms with van der Waals surface area (Å²) in [6.45, 7) is 0.713. The Kier molecular flexibility index (Phi) is 4.06. The molecule has 4 heteroatoms. The summed E-state index contributed by atoms with van der Waals surface area (Å²) in [7, 11) is 1.68. The van der Waals surface area contributed by atoms with E-state index >= 15 is 0 Å². The summed E-state index contributed by atoms with van der Waals surface area (Å²) in [5, 5.41) is 5.52. The van der Waals surface area contributed by atoms with Gasteiger partial charge >= 0.3 is 0 Å². The van der Waals surface area contributed by atoms with E-state index in [1.54, 1.807) is 13.3 Å². The zero-order valence-corrected chi connectivity index (χ0v) is 13.2. The molecule has 3 rings (SSSR count). The molecule has 1 heterocycles. The van der Waals surface area contributed by atoms with Crippen molar-refractivity contribution in [3.8, 4) is 5.75 Å². The normalized spacial score (nSPS) is 10.6. The van der Waals surface area contributed by atoms with Crippen LogP contribution in [0.25, 0.3) is 10.8 Å². The number of halogens is 1. The summed E-state index contributed by atoms with van der Waals surface area (Å²) in [5.74, 6) is 1.72. The van der Waals surface area contributed by atoms with Crippen LogP contribution in [0.4, 0.5) is 5.82 Å². The average molecular weight is 343 g/mol. The Hall–Kier alpha value is -2.07. The number of hydrogen-bond acceptors (Lipinski definition) is 3. The van der Waals surface area contributed by atoms with Gasteiger partial charge in [-0.25, -0.2) is 4.98 Å². The molecule has 3 nitrogen and oxygen atoms in total. The van der Waals surface area contributed by atoms with Gasteiger partial charge in [0.05, 0.1) is 7.11 Å². The van der Waals surface area contributed by atoms with E-state index in [9.17, 15) is 0 Å². The number of ether oxygens (including phenoxy) is 1. The number of fused-ring (bicyclic) bond motifs is 1. The maximum Gasteiger partial charge on any atom is 0.134 e. The highest BCUT2D eigenvalue weighted by Gasteiger charge is 2.06. The molecule has 0 fully saturated rings. The lowest BCUT2D eigenvalue weighted by Crippen LogP contribution is -2.02. The summed E-state index contributed by atoms with van der Waals surface area (Å²) in [6, 6.07) is 16.1. The van der Waals surface area contributed by atoms with Crippen LogP contribution in [0.15, 0.2) is 59.2 Å². The molecule has 0 saturated heterocycles. The van der Waals surface area contributed by atoms with Gasteiger partial charge in [0.2, 0.25) is 0 Å². The number of aromatic nitrogens is 1. The predicted molar refractivity (Wildman–Crippen MR) is 89.8 cm³/mol. The lowest BCUT2D eigenvalue weighted by Gasteiger charge is -2.11. The quantitative estimate of drug-likeness (QED) is 0.751. The molecule has 0 aliphatic rings. The summed E-state index contributed by atoms with van der Waals surface area (Å²) < 4.78 is 6.49. The Morgan fingerprint density at radius 2 is 1.90 bits per heavy atom. The van der Waals surface area contributed by atoms with E-state index in [0.29, 0.717) is 6.54 Å². The number of benzene rings is 2. The van der Waals surface area contributed by atoms with Crippen LogP contribution >= 0.6 is 15.9 Å². The van der Waals surface area contributed by atoms with Crippen molar-refractivity contribution in [1.29, 1.82) is 0 Å². The maximum atomic E-state index is 5.40. The summed E-state index contributed by atoms with van der Waals surface area (Å²) in [6.07, 6.45) is 1.80. The van der Waals surface area contributed by atoms with E-state index in [1.165, 1.54) is 5.56 Å². The number of nitrogens with one attached hydrogen (secondary N) is 1. The fourth-order valence-corrected chi connectivity index (χ4v) is 2.74. The largest absolute Gasteiger partial charge is 0.496 e. The molecule has 0 amide bonds. The van der Waals surface area contributed by atoms with Crippen LogP contribution in [0.2, 0.25) is 0 Å². The second kappa shape index (κ2) is 6.14. The van der Waals surface area contributed by atoms with Crippen molar-refractivity contribution < 1.29 is 4.74 Å². The molecule has 0 spiro atoms. The van der Waals surface area contributed by atoms with Gasteiger partial charge in [-0.1, -0.05) is 46.3 Å². The molecule has 1 N–H and O–H groups in total. The van der Waals surface area contributed by atoms with Crippen LogP contribution in [0.5, 0.6) is 5.75 Å². The van der Waals surface area contributed by atoms with Crippen molar-refractivity contribution in [2.45, 2.75) is 6.54 Å². The number of pyridine rings is 1. The highest BCUT2D eigenvalue weighted by molar-refractivity contribution is 9.10. The third-order valence-corrected chi connectivity index (χ3v) is 4.16. The number of anilines is 1. The number of hydrogen-bond donors (Lipinski definition) is 1. The highest BCUT2D eigenvalue weighted by Crippen LogP contribution is 2.29. The standard InChI is InChI=1S/C17H15BrN2O/c1-21-16-8-4-6-14-13(16)9-10-19-17(14)20-11-12-5-2-3-7-15(12)18/h2-10H,11H2,1H3,(H,19,20). The minimum atomic E-state index is 0.713. The first-order chi connectivity index (χ1) is 10.3. The van der Waals surface area contributed by atoms with Crippen LogP contribution in [-0.2, 0) is 6.54 Å². The van der Waals surface area contributed by atoms with Gasteiger partial charge in [-0.15, -0.1) is 0 Å². The second-order valence-corrected chi connectivity index (χ2v) is 5.51.